The lowest BCUT2D eigenvalue weighted by atomic mass is 10.1. The summed E-state index contributed by atoms with van der Waals surface area (Å²) in [4.78, 5) is 37.6. The molecule has 33 heavy (non-hydrogen) atoms. The molecule has 3 rings (SSSR count). The minimum atomic E-state index is -0.641. The van der Waals surface area contributed by atoms with Crippen LogP contribution in [0, 0.1) is 6.92 Å². The van der Waals surface area contributed by atoms with E-state index < -0.39 is 23.7 Å². The van der Waals surface area contributed by atoms with Gasteiger partial charge >= 0.3 is 5.97 Å². The van der Waals surface area contributed by atoms with Crippen LogP contribution in [0.2, 0.25) is 5.02 Å². The molecule has 2 aromatic carbocycles. The molecule has 1 saturated heterocycles. The van der Waals surface area contributed by atoms with E-state index in [4.69, 9.17) is 25.8 Å². The summed E-state index contributed by atoms with van der Waals surface area (Å²) in [5.74, 6) is -0.380. The Morgan fingerprint density at radius 3 is 2.58 bits per heavy atom. The number of carbonyl (C=O) groups is 3. The highest BCUT2D eigenvalue weighted by Crippen LogP contribution is 2.39. The number of thioether (sulfide) groups is 1. The average Bonchev–Trinajstić information content (AvgIpc) is 3.02. The van der Waals surface area contributed by atoms with Crippen molar-refractivity contribution < 1.29 is 28.6 Å². The third-order valence-corrected chi connectivity index (χ3v) is 5.92. The van der Waals surface area contributed by atoms with Crippen molar-refractivity contribution in [1.29, 1.82) is 0 Å². The fourth-order valence-electron chi connectivity index (χ4n) is 3.12. The first-order chi connectivity index (χ1) is 15.8. The summed E-state index contributed by atoms with van der Waals surface area (Å²) in [6.45, 7) is 5.94. The van der Waals surface area contributed by atoms with Gasteiger partial charge in [-0.15, -0.1) is 0 Å². The highest BCUT2D eigenvalue weighted by molar-refractivity contribution is 8.18. The van der Waals surface area contributed by atoms with Crippen LogP contribution in [0.4, 0.5) is 4.79 Å². The van der Waals surface area contributed by atoms with Crippen LogP contribution in [0.15, 0.2) is 41.3 Å². The van der Waals surface area contributed by atoms with Crippen molar-refractivity contribution in [3.8, 4) is 11.5 Å². The van der Waals surface area contributed by atoms with Gasteiger partial charge in [0.1, 0.15) is 13.2 Å². The van der Waals surface area contributed by atoms with Gasteiger partial charge in [-0.25, -0.2) is 0 Å². The molecule has 0 aromatic heterocycles. The molecule has 0 bridgehead atoms. The van der Waals surface area contributed by atoms with Gasteiger partial charge in [-0.2, -0.15) is 0 Å². The number of hydrogen-bond acceptors (Lipinski definition) is 7. The average molecular weight is 490 g/mol. The van der Waals surface area contributed by atoms with Crippen molar-refractivity contribution in [1.82, 2.24) is 4.90 Å². The van der Waals surface area contributed by atoms with E-state index in [1.54, 1.807) is 19.1 Å². The molecule has 2 aromatic rings. The van der Waals surface area contributed by atoms with Crippen LogP contribution in [0.25, 0.3) is 6.08 Å². The van der Waals surface area contributed by atoms with Crippen molar-refractivity contribution in [3.63, 3.8) is 0 Å². The quantitative estimate of drug-likeness (QED) is 0.352. The number of halogens is 1. The normalized spacial score (nSPS) is 14.7. The van der Waals surface area contributed by atoms with Gasteiger partial charge in [0, 0.05) is 0 Å². The maximum absolute atomic E-state index is 12.6. The molecule has 1 aliphatic rings. The van der Waals surface area contributed by atoms with E-state index in [1.165, 1.54) is 6.08 Å². The molecule has 0 unspecified atom stereocenters. The standard InChI is InChI=1S/C24H24ClNO6S/c1-4-30-19-11-16(10-18(25)22(19)32-14-17-9-7-6-8-15(17)3)12-20-23(28)26(24(29)33-20)13-21(27)31-5-2/h6-12H,4-5,13-14H2,1-3H3/b20-12-. The molecule has 0 spiro atoms. The van der Waals surface area contributed by atoms with Gasteiger partial charge in [-0.05, 0) is 67.4 Å². The second-order valence-corrected chi connectivity index (χ2v) is 8.45. The zero-order valence-corrected chi connectivity index (χ0v) is 20.1. The molecule has 2 amide bonds. The lowest BCUT2D eigenvalue weighted by molar-refractivity contribution is -0.145. The molecule has 1 heterocycles. The van der Waals surface area contributed by atoms with E-state index in [1.807, 2.05) is 38.1 Å². The summed E-state index contributed by atoms with van der Waals surface area (Å²) in [5.41, 5.74) is 2.69. The second kappa shape index (κ2) is 11.2. The van der Waals surface area contributed by atoms with Gasteiger partial charge in [0.15, 0.2) is 11.5 Å². The van der Waals surface area contributed by atoms with E-state index in [0.29, 0.717) is 35.3 Å². The smallest absolute Gasteiger partial charge is 0.326 e. The molecular formula is C24H24ClNO6S. The first-order valence-corrected chi connectivity index (χ1v) is 11.6. The number of amides is 2. The molecular weight excluding hydrogens is 466 g/mol. The largest absolute Gasteiger partial charge is 0.490 e. The summed E-state index contributed by atoms with van der Waals surface area (Å²) in [6, 6.07) is 11.2. The Morgan fingerprint density at radius 2 is 1.88 bits per heavy atom. The third kappa shape index (κ3) is 6.09. The Bertz CT molecular complexity index is 1100. The lowest BCUT2D eigenvalue weighted by Crippen LogP contribution is -2.34. The topological polar surface area (TPSA) is 82.1 Å². The Kier molecular flexibility index (Phi) is 8.41. The number of imide groups is 1. The first kappa shape index (κ1) is 24.7. The van der Waals surface area contributed by atoms with Gasteiger partial charge in [-0.3, -0.25) is 19.3 Å². The number of ether oxygens (including phenoxy) is 3. The molecule has 174 valence electrons. The molecule has 0 N–H and O–H groups in total. The molecule has 0 saturated carbocycles. The van der Waals surface area contributed by atoms with Gasteiger partial charge in [0.25, 0.3) is 11.1 Å². The number of carbonyl (C=O) groups excluding carboxylic acids is 3. The van der Waals surface area contributed by atoms with Crippen LogP contribution in [-0.4, -0.2) is 41.8 Å². The lowest BCUT2D eigenvalue weighted by Gasteiger charge is -2.15. The minimum absolute atomic E-state index is 0.169. The van der Waals surface area contributed by atoms with Crippen LogP contribution < -0.4 is 9.47 Å². The van der Waals surface area contributed by atoms with Crippen LogP contribution in [0.5, 0.6) is 11.5 Å². The summed E-state index contributed by atoms with van der Waals surface area (Å²) < 4.78 is 16.5. The van der Waals surface area contributed by atoms with Gasteiger partial charge in [0.05, 0.1) is 23.1 Å². The third-order valence-electron chi connectivity index (χ3n) is 4.73. The first-order valence-electron chi connectivity index (χ1n) is 10.4. The van der Waals surface area contributed by atoms with Crippen LogP contribution in [0.1, 0.15) is 30.5 Å². The van der Waals surface area contributed by atoms with Crippen LogP contribution >= 0.6 is 23.4 Å². The van der Waals surface area contributed by atoms with Gasteiger partial charge < -0.3 is 14.2 Å². The van der Waals surface area contributed by atoms with Crippen molar-refractivity contribution in [3.05, 3.63) is 63.0 Å². The van der Waals surface area contributed by atoms with E-state index in [-0.39, 0.29) is 11.5 Å². The molecule has 0 aliphatic carbocycles. The Morgan fingerprint density at radius 1 is 1.12 bits per heavy atom. The highest BCUT2D eigenvalue weighted by atomic mass is 35.5. The van der Waals surface area contributed by atoms with Crippen LogP contribution in [-0.2, 0) is 20.9 Å². The number of benzene rings is 2. The molecule has 7 nitrogen and oxygen atoms in total. The van der Waals surface area contributed by atoms with Crippen molar-refractivity contribution >= 4 is 46.6 Å². The van der Waals surface area contributed by atoms with E-state index in [0.717, 1.165) is 27.8 Å². The van der Waals surface area contributed by atoms with Gasteiger partial charge in [-0.1, -0.05) is 35.9 Å². The molecule has 0 atom stereocenters. The van der Waals surface area contributed by atoms with E-state index in [9.17, 15) is 14.4 Å². The number of esters is 1. The van der Waals surface area contributed by atoms with E-state index >= 15 is 0 Å². The summed E-state index contributed by atoms with van der Waals surface area (Å²) >= 11 is 7.25. The predicted octanol–water partition coefficient (Wildman–Crippen LogP) is 5.23. The number of hydrogen-bond donors (Lipinski definition) is 0. The number of rotatable bonds is 9. The molecule has 0 radical (unpaired) electrons. The maximum Gasteiger partial charge on any atom is 0.326 e. The summed E-state index contributed by atoms with van der Waals surface area (Å²) in [6.07, 6.45) is 1.54. The predicted molar refractivity (Wildman–Crippen MR) is 127 cm³/mol. The fourth-order valence-corrected chi connectivity index (χ4v) is 4.23. The fraction of sp³-hybridized carbons (Fsp3) is 0.292. The molecule has 1 aliphatic heterocycles. The van der Waals surface area contributed by atoms with Crippen molar-refractivity contribution in [2.75, 3.05) is 19.8 Å². The zero-order chi connectivity index (χ0) is 24.0. The summed E-state index contributed by atoms with van der Waals surface area (Å²) in [5, 5.41) is -0.222. The van der Waals surface area contributed by atoms with Crippen molar-refractivity contribution in [2.24, 2.45) is 0 Å². The Labute approximate surface area is 201 Å². The monoisotopic (exact) mass is 489 g/mol. The SMILES string of the molecule is CCOC(=O)CN1C(=O)S/C(=C\c2cc(Cl)c(OCc3ccccc3C)c(OCC)c2)C1=O. The Hall–Kier alpha value is -2.97. The minimum Gasteiger partial charge on any atom is -0.490 e. The maximum atomic E-state index is 12.6. The zero-order valence-electron chi connectivity index (χ0n) is 18.6. The Balaban J connectivity index is 1.83. The summed E-state index contributed by atoms with van der Waals surface area (Å²) in [7, 11) is 0. The molecule has 9 heteroatoms. The highest BCUT2D eigenvalue weighted by Gasteiger charge is 2.36. The number of aryl methyl sites for hydroxylation is 1. The second-order valence-electron chi connectivity index (χ2n) is 7.05. The number of nitrogens with zero attached hydrogens (tertiary/aromatic N) is 1. The van der Waals surface area contributed by atoms with Crippen molar-refractivity contribution in [2.45, 2.75) is 27.4 Å². The van der Waals surface area contributed by atoms with Crippen LogP contribution in [0.3, 0.4) is 0 Å². The van der Waals surface area contributed by atoms with Gasteiger partial charge in [0.2, 0.25) is 0 Å². The van der Waals surface area contributed by atoms with E-state index in [2.05, 4.69) is 0 Å². The molecule has 1 fully saturated rings.